The second-order valence-corrected chi connectivity index (χ2v) is 10.2. The first-order valence-electron chi connectivity index (χ1n) is 12.9. The van der Waals surface area contributed by atoms with Gasteiger partial charge in [-0.15, -0.1) is 0 Å². The second-order valence-electron chi connectivity index (χ2n) is 9.40. The van der Waals surface area contributed by atoms with E-state index in [4.69, 9.17) is 42.1 Å². The van der Waals surface area contributed by atoms with Gasteiger partial charge < -0.3 is 29.0 Å². The lowest BCUT2D eigenvalue weighted by Crippen LogP contribution is -2.31. The molecular weight excluding hydrogens is 597 g/mol. The van der Waals surface area contributed by atoms with Crippen LogP contribution in [0.2, 0.25) is 10.0 Å². The Balaban J connectivity index is 1.54. The van der Waals surface area contributed by atoms with Gasteiger partial charge in [-0.05, 0) is 54.7 Å². The van der Waals surface area contributed by atoms with Gasteiger partial charge in [-0.25, -0.2) is 4.98 Å². The highest BCUT2D eigenvalue weighted by Gasteiger charge is 2.26. The molecule has 42 heavy (non-hydrogen) atoms. The number of hydrogen-bond donors (Lipinski definition) is 1. The number of methoxy groups -OCH3 is 2. The first-order valence-corrected chi connectivity index (χ1v) is 13.7. The van der Waals surface area contributed by atoms with Gasteiger partial charge in [0.25, 0.3) is 5.91 Å². The molecule has 2 N–H and O–H groups in total. The van der Waals surface area contributed by atoms with Crippen molar-refractivity contribution >= 4 is 35.1 Å². The SMILES string of the molecule is COc1ccc(C(=O)NCC(=O)O[C@@H](Cc2c(Cl)c[nH+]cc2Cl)c2ccc(OC(F)F)c(OCC3CC3)c2)cc1OC. The van der Waals surface area contributed by atoms with E-state index < -0.39 is 31.1 Å². The molecular formula is C29H29Cl2F2N2O7+. The van der Waals surface area contributed by atoms with E-state index in [2.05, 4.69) is 15.0 Å². The molecule has 1 aliphatic carbocycles. The van der Waals surface area contributed by atoms with E-state index >= 15 is 0 Å². The molecule has 1 aliphatic rings. The van der Waals surface area contributed by atoms with Gasteiger partial charge in [0.2, 0.25) is 0 Å². The number of H-pyrrole nitrogens is 1. The van der Waals surface area contributed by atoms with Crippen LogP contribution in [0, 0.1) is 5.92 Å². The molecule has 1 amide bonds. The lowest BCUT2D eigenvalue weighted by molar-refractivity contribution is -0.377. The van der Waals surface area contributed by atoms with Crippen molar-refractivity contribution in [2.45, 2.75) is 32.0 Å². The molecule has 0 aliphatic heterocycles. The number of alkyl halides is 2. The number of esters is 1. The van der Waals surface area contributed by atoms with Crippen molar-refractivity contribution in [3.05, 3.63) is 75.5 Å². The minimum absolute atomic E-state index is 0.0405. The van der Waals surface area contributed by atoms with Gasteiger partial charge in [-0.2, -0.15) is 8.78 Å². The Kier molecular flexibility index (Phi) is 10.6. The van der Waals surface area contributed by atoms with Crippen molar-refractivity contribution in [1.29, 1.82) is 0 Å². The molecule has 3 aromatic rings. The molecule has 0 spiro atoms. The number of benzene rings is 2. The fourth-order valence-electron chi connectivity index (χ4n) is 4.04. The molecule has 224 valence electrons. The van der Waals surface area contributed by atoms with E-state index in [0.29, 0.717) is 45.2 Å². The predicted molar refractivity (Wildman–Crippen MR) is 149 cm³/mol. The van der Waals surface area contributed by atoms with Gasteiger partial charge in [0.15, 0.2) is 35.4 Å². The van der Waals surface area contributed by atoms with Crippen molar-refractivity contribution in [3.63, 3.8) is 0 Å². The minimum Gasteiger partial charge on any atom is -0.493 e. The maximum Gasteiger partial charge on any atom is 0.387 e. The van der Waals surface area contributed by atoms with Crippen LogP contribution in [0.4, 0.5) is 8.78 Å². The number of amides is 1. The Labute approximate surface area is 251 Å². The summed E-state index contributed by atoms with van der Waals surface area (Å²) in [7, 11) is 2.91. The zero-order valence-electron chi connectivity index (χ0n) is 22.8. The summed E-state index contributed by atoms with van der Waals surface area (Å²) < 4.78 is 52.7. The second kappa shape index (κ2) is 14.4. The maximum absolute atomic E-state index is 13.0. The fourth-order valence-corrected chi connectivity index (χ4v) is 4.57. The Hall–Kier alpha value is -3.83. The number of halogens is 4. The van der Waals surface area contributed by atoms with Crippen LogP contribution >= 0.6 is 23.2 Å². The molecule has 1 heterocycles. The van der Waals surface area contributed by atoms with Crippen molar-refractivity contribution < 1.29 is 47.0 Å². The number of rotatable bonds is 14. The summed E-state index contributed by atoms with van der Waals surface area (Å²) in [4.78, 5) is 28.5. The summed E-state index contributed by atoms with van der Waals surface area (Å²) in [5.41, 5.74) is 1.14. The standard InChI is InChI=1S/C29H28Cl2F2N2O7/c1-38-22-7-6-18(10-25(22)39-2)28(37)35-14-27(36)41-24(11-19-20(30)12-34-13-21(19)31)17-5-8-23(42-29(32)33)26(9-17)40-15-16-3-4-16/h5-10,12-13,16,24,29H,3-4,11,14-15H2,1-2H3,(H,35,37)/p+1/t24-/m0/s1. The average molecular weight is 626 g/mol. The summed E-state index contributed by atoms with van der Waals surface area (Å²) in [5, 5.41) is 3.12. The van der Waals surface area contributed by atoms with Crippen LogP contribution < -0.4 is 29.2 Å². The van der Waals surface area contributed by atoms with E-state index in [1.807, 2.05) is 0 Å². The zero-order valence-corrected chi connectivity index (χ0v) is 24.3. The summed E-state index contributed by atoms with van der Waals surface area (Å²) in [6, 6.07) is 8.86. The van der Waals surface area contributed by atoms with Crippen LogP contribution in [-0.4, -0.2) is 45.9 Å². The molecule has 1 fully saturated rings. The fraction of sp³-hybridized carbons (Fsp3) is 0.345. The van der Waals surface area contributed by atoms with Crippen molar-refractivity contribution in [1.82, 2.24) is 5.32 Å². The van der Waals surface area contributed by atoms with Gasteiger partial charge in [0.1, 0.15) is 22.7 Å². The molecule has 1 saturated carbocycles. The third kappa shape index (κ3) is 8.36. The molecule has 1 aromatic heterocycles. The van der Waals surface area contributed by atoms with E-state index in [0.717, 1.165) is 12.8 Å². The largest absolute Gasteiger partial charge is 0.493 e. The van der Waals surface area contributed by atoms with Crippen molar-refractivity contribution in [2.24, 2.45) is 5.92 Å². The Morgan fingerprint density at radius 3 is 2.31 bits per heavy atom. The van der Waals surface area contributed by atoms with E-state index in [1.54, 1.807) is 6.07 Å². The molecule has 9 nitrogen and oxygen atoms in total. The third-order valence-electron chi connectivity index (χ3n) is 6.43. The number of carbonyl (C=O) groups excluding carboxylic acids is 2. The van der Waals surface area contributed by atoms with Gasteiger partial charge in [-0.1, -0.05) is 29.3 Å². The predicted octanol–water partition coefficient (Wildman–Crippen LogP) is 5.47. The highest BCUT2D eigenvalue weighted by Crippen LogP contribution is 2.37. The summed E-state index contributed by atoms with van der Waals surface area (Å²) in [6.45, 7) is -3.19. The van der Waals surface area contributed by atoms with Crippen molar-refractivity contribution in [2.75, 3.05) is 27.4 Å². The lowest BCUT2D eigenvalue weighted by Gasteiger charge is -2.21. The Morgan fingerprint density at radius 2 is 1.67 bits per heavy atom. The Morgan fingerprint density at radius 1 is 0.976 bits per heavy atom. The van der Waals surface area contributed by atoms with Crippen LogP contribution in [0.3, 0.4) is 0 Å². The van der Waals surface area contributed by atoms with E-state index in [1.165, 1.54) is 56.9 Å². The normalized spacial score (nSPS) is 13.3. The van der Waals surface area contributed by atoms with E-state index in [-0.39, 0.29) is 23.5 Å². The number of pyridine rings is 1. The number of aromatic nitrogens is 1. The molecule has 2 aromatic carbocycles. The lowest BCUT2D eigenvalue weighted by atomic mass is 10.0. The molecule has 0 saturated heterocycles. The number of ether oxygens (including phenoxy) is 5. The minimum atomic E-state index is -3.06. The highest BCUT2D eigenvalue weighted by molar-refractivity contribution is 6.35. The summed E-state index contributed by atoms with van der Waals surface area (Å²) in [6.07, 6.45) is 4.09. The molecule has 1 atom stereocenters. The number of carbonyl (C=O) groups is 2. The topological polar surface area (TPSA) is 106 Å². The third-order valence-corrected chi connectivity index (χ3v) is 7.10. The first-order chi connectivity index (χ1) is 20.2. The van der Waals surface area contributed by atoms with Crippen LogP contribution in [0.1, 0.15) is 40.4 Å². The zero-order chi connectivity index (χ0) is 30.2. The molecule has 13 heteroatoms. The Bertz CT molecular complexity index is 1400. The highest BCUT2D eigenvalue weighted by atomic mass is 35.5. The monoisotopic (exact) mass is 625 g/mol. The van der Waals surface area contributed by atoms with Gasteiger partial charge in [0, 0.05) is 17.5 Å². The first kappa shape index (κ1) is 31.1. The average Bonchev–Trinajstić information content (AvgIpc) is 3.80. The smallest absolute Gasteiger partial charge is 0.387 e. The number of hydrogen-bond acceptors (Lipinski definition) is 7. The number of aromatic amines is 1. The summed E-state index contributed by atoms with van der Waals surface area (Å²) >= 11 is 12.7. The maximum atomic E-state index is 13.0. The van der Waals surface area contributed by atoms with Crippen molar-refractivity contribution in [3.8, 4) is 23.0 Å². The van der Waals surface area contributed by atoms with E-state index in [9.17, 15) is 18.4 Å². The van der Waals surface area contributed by atoms with Gasteiger partial charge >= 0.3 is 12.6 Å². The van der Waals surface area contributed by atoms with Gasteiger partial charge in [-0.3, -0.25) is 9.59 Å². The number of nitrogens with one attached hydrogen (secondary N) is 2. The summed E-state index contributed by atoms with van der Waals surface area (Å²) in [5.74, 6) is -0.240. The molecule has 0 bridgehead atoms. The van der Waals surface area contributed by atoms with Gasteiger partial charge in [0.05, 0.1) is 20.8 Å². The van der Waals surface area contributed by atoms with Crippen LogP contribution in [0.25, 0.3) is 0 Å². The quantitative estimate of drug-likeness (QED) is 0.237. The molecule has 0 unspecified atom stereocenters. The van der Waals surface area contributed by atoms with Crippen LogP contribution in [0.5, 0.6) is 23.0 Å². The van der Waals surface area contributed by atoms with Crippen LogP contribution in [0.15, 0.2) is 48.8 Å². The molecule has 4 rings (SSSR count). The van der Waals surface area contributed by atoms with Crippen LogP contribution in [-0.2, 0) is 16.0 Å². The molecule has 0 radical (unpaired) electrons.